The first kappa shape index (κ1) is 16.7. The number of hydrogen-bond acceptors (Lipinski definition) is 5. The molecular weight excluding hydrogens is 308 g/mol. The predicted molar refractivity (Wildman–Crippen MR) is 91.5 cm³/mol. The van der Waals surface area contributed by atoms with Crippen LogP contribution in [-0.2, 0) is 14.9 Å². The van der Waals surface area contributed by atoms with Crippen LogP contribution in [0.25, 0.3) is 10.9 Å². The van der Waals surface area contributed by atoms with E-state index in [0.29, 0.717) is 6.54 Å². The Morgan fingerprint density at radius 1 is 1.46 bits per heavy atom. The number of benzene rings is 1. The number of hydrogen-bond donors (Lipinski definition) is 3. The summed E-state index contributed by atoms with van der Waals surface area (Å²) in [5, 5.41) is 19.3. The third-order valence-corrected chi connectivity index (χ3v) is 4.35. The molecule has 2 heterocycles. The molecule has 1 unspecified atom stereocenters. The molecule has 3 rings (SSSR count). The Balaban J connectivity index is 2.02. The smallest absolute Gasteiger partial charge is 0.320 e. The quantitative estimate of drug-likeness (QED) is 0.741. The Morgan fingerprint density at radius 2 is 2.21 bits per heavy atom. The fraction of sp³-hybridized carbons (Fsp3) is 0.444. The molecule has 2 atom stereocenters. The predicted octanol–water partition coefficient (Wildman–Crippen LogP) is 1.51. The zero-order valence-electron chi connectivity index (χ0n) is 13.8. The Kier molecular flexibility index (Phi) is 4.43. The summed E-state index contributed by atoms with van der Waals surface area (Å²) in [7, 11) is 0. The molecule has 1 aliphatic rings. The Hall–Kier alpha value is -2.18. The minimum absolute atomic E-state index is 0.217. The third kappa shape index (κ3) is 2.95. The highest BCUT2D eigenvalue weighted by Gasteiger charge is 2.35. The first-order valence-corrected chi connectivity index (χ1v) is 8.00. The van der Waals surface area contributed by atoms with Crippen LogP contribution in [0.3, 0.4) is 0 Å². The van der Waals surface area contributed by atoms with Gasteiger partial charge in [0.05, 0.1) is 6.61 Å². The van der Waals surface area contributed by atoms with Gasteiger partial charge in [0.15, 0.2) is 0 Å². The molecule has 0 spiro atoms. The fourth-order valence-corrected chi connectivity index (χ4v) is 3.16. The van der Waals surface area contributed by atoms with E-state index in [1.165, 1.54) is 0 Å². The normalized spacial score (nSPS) is 20.4. The number of nitrogens with zero attached hydrogens (tertiary/aromatic N) is 1. The minimum Gasteiger partial charge on any atom is -0.462 e. The monoisotopic (exact) mass is 330 g/mol. The molecule has 0 saturated heterocycles. The Labute approximate surface area is 140 Å². The van der Waals surface area contributed by atoms with Crippen molar-refractivity contribution in [2.75, 3.05) is 19.8 Å². The second-order valence-corrected chi connectivity index (χ2v) is 6.78. The standard InChI is InChI=1S/C18H22N2O4/c1-18(2)10-19-7-13(17(23)24-9-11(22)8-21)16-15(18)12-5-3-4-6-14(12)20-16/h3-7,11,13,20-22H,8-10H2,1-2H3/t11-,13?/m0/s1. The largest absolute Gasteiger partial charge is 0.462 e. The van der Waals surface area contributed by atoms with Crippen LogP contribution < -0.4 is 0 Å². The number of aliphatic imine (C=N–C) groups is 1. The van der Waals surface area contributed by atoms with E-state index in [-0.39, 0.29) is 12.0 Å². The summed E-state index contributed by atoms with van der Waals surface area (Å²) in [6.45, 7) is 4.10. The molecule has 1 aromatic carbocycles. The van der Waals surface area contributed by atoms with Crippen LogP contribution in [0, 0.1) is 0 Å². The van der Waals surface area contributed by atoms with Crippen molar-refractivity contribution in [3.8, 4) is 0 Å². The van der Waals surface area contributed by atoms with Gasteiger partial charge in [-0.05, 0) is 11.6 Å². The van der Waals surface area contributed by atoms with Gasteiger partial charge in [0.1, 0.15) is 18.6 Å². The minimum atomic E-state index is -1.07. The number of para-hydroxylation sites is 1. The van der Waals surface area contributed by atoms with Crippen molar-refractivity contribution >= 4 is 23.1 Å². The van der Waals surface area contributed by atoms with Crippen LogP contribution >= 0.6 is 0 Å². The van der Waals surface area contributed by atoms with Crippen LogP contribution in [-0.4, -0.2) is 53.2 Å². The van der Waals surface area contributed by atoms with Gasteiger partial charge in [-0.25, -0.2) is 0 Å². The Morgan fingerprint density at radius 3 is 2.96 bits per heavy atom. The van der Waals surface area contributed by atoms with Gasteiger partial charge in [0, 0.05) is 34.8 Å². The third-order valence-electron chi connectivity index (χ3n) is 4.35. The lowest BCUT2D eigenvalue weighted by Gasteiger charge is -2.23. The molecule has 0 aliphatic carbocycles. The van der Waals surface area contributed by atoms with Crippen molar-refractivity contribution in [1.29, 1.82) is 0 Å². The summed E-state index contributed by atoms with van der Waals surface area (Å²) in [5.74, 6) is -1.14. The number of aliphatic hydroxyl groups excluding tert-OH is 2. The molecule has 6 nitrogen and oxygen atoms in total. The number of carbonyl (C=O) groups is 1. The van der Waals surface area contributed by atoms with E-state index in [4.69, 9.17) is 9.84 Å². The van der Waals surface area contributed by atoms with Crippen molar-refractivity contribution in [3.05, 3.63) is 35.5 Å². The van der Waals surface area contributed by atoms with Gasteiger partial charge in [0.2, 0.25) is 0 Å². The van der Waals surface area contributed by atoms with E-state index in [1.54, 1.807) is 6.21 Å². The fourth-order valence-electron chi connectivity index (χ4n) is 3.16. The number of H-pyrrole nitrogens is 1. The van der Waals surface area contributed by atoms with E-state index < -0.39 is 24.6 Å². The molecule has 1 aliphatic heterocycles. The van der Waals surface area contributed by atoms with Crippen LogP contribution in [0.2, 0.25) is 0 Å². The lowest BCUT2D eigenvalue weighted by atomic mass is 9.81. The van der Waals surface area contributed by atoms with Gasteiger partial charge >= 0.3 is 5.97 Å². The molecule has 3 N–H and O–H groups in total. The molecule has 24 heavy (non-hydrogen) atoms. The zero-order valence-corrected chi connectivity index (χ0v) is 13.8. The summed E-state index contributed by atoms with van der Waals surface area (Å²) in [5.41, 5.74) is 2.61. The highest BCUT2D eigenvalue weighted by atomic mass is 16.5. The number of aromatic amines is 1. The summed E-state index contributed by atoms with van der Waals surface area (Å²) < 4.78 is 5.15. The molecule has 0 amide bonds. The van der Waals surface area contributed by atoms with E-state index >= 15 is 0 Å². The zero-order chi connectivity index (χ0) is 17.3. The molecule has 0 bridgehead atoms. The first-order chi connectivity index (χ1) is 11.4. The topological polar surface area (TPSA) is 94.9 Å². The molecule has 1 aromatic heterocycles. The van der Waals surface area contributed by atoms with Crippen molar-refractivity contribution in [2.24, 2.45) is 4.99 Å². The summed E-state index contributed by atoms with van der Waals surface area (Å²) in [6, 6.07) is 7.94. The van der Waals surface area contributed by atoms with Crippen LogP contribution in [0.1, 0.15) is 31.0 Å². The van der Waals surface area contributed by atoms with E-state index in [1.807, 2.05) is 24.3 Å². The SMILES string of the molecule is CC1(C)CN=CC(C(=O)OC[C@@H](O)CO)c2[nH]c3ccccc3c21. The van der Waals surface area contributed by atoms with Gasteiger partial charge in [-0.15, -0.1) is 0 Å². The number of nitrogens with one attached hydrogen (secondary N) is 1. The summed E-state index contributed by atoms with van der Waals surface area (Å²) in [6.07, 6.45) is 0.534. The van der Waals surface area contributed by atoms with Crippen LogP contribution in [0.15, 0.2) is 29.3 Å². The molecule has 6 heteroatoms. The number of esters is 1. The van der Waals surface area contributed by atoms with Crippen LogP contribution in [0.4, 0.5) is 0 Å². The van der Waals surface area contributed by atoms with Crippen molar-refractivity contribution in [2.45, 2.75) is 31.3 Å². The molecule has 0 radical (unpaired) electrons. The molecule has 0 saturated carbocycles. The molecule has 2 aromatic rings. The first-order valence-electron chi connectivity index (χ1n) is 8.00. The number of aromatic nitrogens is 1. The van der Waals surface area contributed by atoms with E-state index in [0.717, 1.165) is 22.2 Å². The maximum Gasteiger partial charge on any atom is 0.320 e. The van der Waals surface area contributed by atoms with Crippen molar-refractivity contribution in [3.63, 3.8) is 0 Å². The van der Waals surface area contributed by atoms with Gasteiger partial charge in [-0.2, -0.15) is 0 Å². The van der Waals surface area contributed by atoms with Crippen molar-refractivity contribution in [1.82, 2.24) is 4.98 Å². The van der Waals surface area contributed by atoms with Gasteiger partial charge in [-0.1, -0.05) is 32.0 Å². The molecular formula is C18H22N2O4. The Bertz CT molecular complexity index is 778. The van der Waals surface area contributed by atoms with E-state index in [9.17, 15) is 9.90 Å². The number of carbonyl (C=O) groups excluding carboxylic acids is 1. The number of rotatable bonds is 4. The van der Waals surface area contributed by atoms with E-state index in [2.05, 4.69) is 23.8 Å². The van der Waals surface area contributed by atoms with Crippen LogP contribution in [0.5, 0.6) is 0 Å². The van der Waals surface area contributed by atoms with Gasteiger partial charge in [0.25, 0.3) is 0 Å². The highest BCUT2D eigenvalue weighted by molar-refractivity contribution is 5.99. The second kappa shape index (κ2) is 6.37. The number of aliphatic hydroxyl groups is 2. The second-order valence-electron chi connectivity index (χ2n) is 6.78. The van der Waals surface area contributed by atoms with Gasteiger partial charge < -0.3 is 19.9 Å². The maximum atomic E-state index is 12.5. The molecule has 0 fully saturated rings. The maximum absolute atomic E-state index is 12.5. The average molecular weight is 330 g/mol. The van der Waals surface area contributed by atoms with Crippen molar-refractivity contribution < 1.29 is 19.7 Å². The summed E-state index contributed by atoms with van der Waals surface area (Å²) in [4.78, 5) is 20.2. The lowest BCUT2D eigenvalue weighted by Crippen LogP contribution is -2.26. The lowest BCUT2D eigenvalue weighted by molar-refractivity contribution is -0.147. The van der Waals surface area contributed by atoms with Gasteiger partial charge in [-0.3, -0.25) is 9.79 Å². The number of ether oxygens (including phenoxy) is 1. The average Bonchev–Trinajstić information content (AvgIpc) is 2.90. The summed E-state index contributed by atoms with van der Waals surface area (Å²) >= 11 is 0. The molecule has 128 valence electrons. The number of fused-ring (bicyclic) bond motifs is 3. The highest BCUT2D eigenvalue weighted by Crippen LogP contribution is 2.38.